The SMILES string of the molecule is ClCCc1nnc(NCC2CSCCS2)o1. The van der Waals surface area contributed by atoms with Gasteiger partial charge in [0.15, 0.2) is 0 Å². The average Bonchev–Trinajstić information content (AvgIpc) is 2.76. The zero-order valence-corrected chi connectivity index (χ0v) is 11.2. The van der Waals surface area contributed by atoms with E-state index in [1.165, 1.54) is 17.3 Å². The van der Waals surface area contributed by atoms with E-state index in [-0.39, 0.29) is 0 Å². The highest BCUT2D eigenvalue weighted by atomic mass is 35.5. The van der Waals surface area contributed by atoms with Crippen molar-refractivity contribution in [3.8, 4) is 0 Å². The van der Waals surface area contributed by atoms with Gasteiger partial charge in [0, 0.05) is 41.4 Å². The van der Waals surface area contributed by atoms with E-state index in [9.17, 15) is 0 Å². The van der Waals surface area contributed by atoms with E-state index in [1.807, 2.05) is 23.5 Å². The Labute approximate surface area is 108 Å². The van der Waals surface area contributed by atoms with Gasteiger partial charge in [0.05, 0.1) is 0 Å². The molecule has 1 fully saturated rings. The van der Waals surface area contributed by atoms with Crippen LogP contribution in [0.4, 0.5) is 6.01 Å². The van der Waals surface area contributed by atoms with E-state index in [0.29, 0.717) is 29.5 Å². The maximum atomic E-state index is 5.59. The van der Waals surface area contributed by atoms with Gasteiger partial charge in [-0.3, -0.25) is 0 Å². The first kappa shape index (κ1) is 12.4. The van der Waals surface area contributed by atoms with Crippen molar-refractivity contribution in [1.82, 2.24) is 10.2 Å². The number of hydrogen-bond donors (Lipinski definition) is 1. The maximum Gasteiger partial charge on any atom is 0.315 e. The highest BCUT2D eigenvalue weighted by molar-refractivity contribution is 8.06. The molecule has 0 radical (unpaired) electrons. The highest BCUT2D eigenvalue weighted by Crippen LogP contribution is 2.24. The van der Waals surface area contributed by atoms with Gasteiger partial charge in [0.2, 0.25) is 5.89 Å². The predicted octanol–water partition coefficient (Wildman–Crippen LogP) is 2.11. The summed E-state index contributed by atoms with van der Waals surface area (Å²) in [7, 11) is 0. The Bertz CT molecular complexity index is 317. The summed E-state index contributed by atoms with van der Waals surface area (Å²) < 4.78 is 5.38. The Morgan fingerprint density at radius 3 is 3.12 bits per heavy atom. The van der Waals surface area contributed by atoms with E-state index in [0.717, 1.165) is 6.54 Å². The molecule has 0 saturated carbocycles. The molecule has 90 valence electrons. The van der Waals surface area contributed by atoms with Gasteiger partial charge in [-0.1, -0.05) is 5.10 Å². The van der Waals surface area contributed by atoms with Crippen LogP contribution in [0, 0.1) is 0 Å². The van der Waals surface area contributed by atoms with Crippen LogP contribution in [0.1, 0.15) is 5.89 Å². The average molecular weight is 280 g/mol. The van der Waals surface area contributed by atoms with Crippen molar-refractivity contribution in [2.75, 3.05) is 35.0 Å². The molecule has 1 aliphatic heterocycles. The molecule has 7 heteroatoms. The molecule has 0 bridgehead atoms. The van der Waals surface area contributed by atoms with Crippen LogP contribution >= 0.6 is 35.1 Å². The molecular formula is C9H14ClN3OS2. The smallest absolute Gasteiger partial charge is 0.315 e. The predicted molar refractivity (Wildman–Crippen MR) is 70.8 cm³/mol. The number of alkyl halides is 1. The van der Waals surface area contributed by atoms with Crippen molar-refractivity contribution in [3.63, 3.8) is 0 Å². The zero-order valence-electron chi connectivity index (χ0n) is 8.82. The second-order valence-electron chi connectivity index (χ2n) is 3.39. The lowest BCUT2D eigenvalue weighted by molar-refractivity contribution is 0.512. The molecule has 2 rings (SSSR count). The quantitative estimate of drug-likeness (QED) is 0.833. The number of nitrogens with zero attached hydrogens (tertiary/aromatic N) is 2. The fourth-order valence-electron chi connectivity index (χ4n) is 1.36. The first-order valence-electron chi connectivity index (χ1n) is 5.20. The molecule has 2 heterocycles. The summed E-state index contributed by atoms with van der Waals surface area (Å²) in [5.74, 6) is 4.81. The summed E-state index contributed by atoms with van der Waals surface area (Å²) in [5, 5.41) is 11.6. The zero-order chi connectivity index (χ0) is 11.2. The van der Waals surface area contributed by atoms with Gasteiger partial charge in [-0.15, -0.1) is 16.7 Å². The van der Waals surface area contributed by atoms with Crippen LogP contribution in [0.3, 0.4) is 0 Å². The van der Waals surface area contributed by atoms with Crippen LogP contribution in [0.25, 0.3) is 0 Å². The van der Waals surface area contributed by atoms with Crippen LogP contribution in [0.5, 0.6) is 0 Å². The highest BCUT2D eigenvalue weighted by Gasteiger charge is 2.15. The number of halogens is 1. The molecule has 0 aromatic carbocycles. The van der Waals surface area contributed by atoms with Crippen LogP contribution < -0.4 is 5.32 Å². The van der Waals surface area contributed by atoms with Crippen molar-refractivity contribution >= 4 is 41.1 Å². The monoisotopic (exact) mass is 279 g/mol. The summed E-state index contributed by atoms with van der Waals surface area (Å²) in [6.07, 6.45) is 0.629. The molecule has 1 aliphatic rings. The maximum absolute atomic E-state index is 5.59. The molecule has 1 aromatic rings. The van der Waals surface area contributed by atoms with Crippen LogP contribution in [-0.4, -0.2) is 45.1 Å². The lowest BCUT2D eigenvalue weighted by Crippen LogP contribution is -2.23. The fraction of sp³-hybridized carbons (Fsp3) is 0.778. The molecule has 0 aliphatic carbocycles. The summed E-state index contributed by atoms with van der Waals surface area (Å²) in [6.45, 7) is 0.889. The van der Waals surface area contributed by atoms with Crippen LogP contribution in [0.15, 0.2) is 4.42 Å². The van der Waals surface area contributed by atoms with Gasteiger partial charge in [0.25, 0.3) is 0 Å². The number of aryl methyl sites for hydroxylation is 1. The molecule has 1 atom stereocenters. The lowest BCUT2D eigenvalue weighted by Gasteiger charge is -2.20. The Kier molecular flexibility index (Phi) is 5.12. The number of rotatable bonds is 5. The van der Waals surface area contributed by atoms with Crippen molar-refractivity contribution < 1.29 is 4.42 Å². The van der Waals surface area contributed by atoms with E-state index < -0.39 is 0 Å². The Morgan fingerprint density at radius 2 is 2.38 bits per heavy atom. The minimum Gasteiger partial charge on any atom is -0.408 e. The molecule has 1 saturated heterocycles. The molecule has 0 amide bonds. The number of thioether (sulfide) groups is 2. The number of anilines is 1. The van der Waals surface area contributed by atoms with E-state index >= 15 is 0 Å². The van der Waals surface area contributed by atoms with E-state index in [2.05, 4.69) is 15.5 Å². The number of hydrogen-bond acceptors (Lipinski definition) is 6. The number of nitrogens with one attached hydrogen (secondary N) is 1. The summed E-state index contributed by atoms with van der Waals surface area (Å²) >= 11 is 9.60. The molecule has 1 N–H and O–H groups in total. The summed E-state index contributed by atoms with van der Waals surface area (Å²) in [6, 6.07) is 0.510. The Balaban J connectivity index is 1.75. The van der Waals surface area contributed by atoms with Crippen molar-refractivity contribution in [1.29, 1.82) is 0 Å². The Morgan fingerprint density at radius 1 is 1.44 bits per heavy atom. The van der Waals surface area contributed by atoms with Crippen LogP contribution in [-0.2, 0) is 6.42 Å². The third-order valence-corrected chi connectivity index (χ3v) is 5.17. The molecular weight excluding hydrogens is 266 g/mol. The molecule has 1 aromatic heterocycles. The van der Waals surface area contributed by atoms with Gasteiger partial charge in [-0.25, -0.2) is 0 Å². The van der Waals surface area contributed by atoms with Gasteiger partial charge in [0.1, 0.15) is 0 Å². The topological polar surface area (TPSA) is 51.0 Å². The van der Waals surface area contributed by atoms with Crippen molar-refractivity contribution in [2.24, 2.45) is 0 Å². The summed E-state index contributed by atoms with van der Waals surface area (Å²) in [5.41, 5.74) is 0. The van der Waals surface area contributed by atoms with Crippen molar-refractivity contribution in [3.05, 3.63) is 5.89 Å². The normalized spacial score (nSPS) is 20.9. The fourth-order valence-corrected chi connectivity index (χ4v) is 4.14. The molecule has 16 heavy (non-hydrogen) atoms. The lowest BCUT2D eigenvalue weighted by atomic mass is 10.5. The van der Waals surface area contributed by atoms with Crippen molar-refractivity contribution in [2.45, 2.75) is 11.7 Å². The standard InChI is InChI=1S/C9H14ClN3OS2/c10-2-1-8-12-13-9(14-8)11-5-7-6-15-3-4-16-7/h7H,1-6H2,(H,11,13). The summed E-state index contributed by atoms with van der Waals surface area (Å²) in [4.78, 5) is 0. The first-order chi connectivity index (χ1) is 7.88. The Hall–Kier alpha value is -0.0700. The minimum atomic E-state index is 0.510. The minimum absolute atomic E-state index is 0.510. The van der Waals surface area contributed by atoms with E-state index in [1.54, 1.807) is 0 Å². The van der Waals surface area contributed by atoms with Gasteiger partial charge in [-0.2, -0.15) is 23.5 Å². The van der Waals surface area contributed by atoms with Gasteiger partial charge < -0.3 is 9.73 Å². The second kappa shape index (κ2) is 6.61. The van der Waals surface area contributed by atoms with Gasteiger partial charge >= 0.3 is 6.01 Å². The molecule has 4 nitrogen and oxygen atoms in total. The second-order valence-corrected chi connectivity index (χ2v) is 6.32. The first-order valence-corrected chi connectivity index (χ1v) is 7.94. The molecule has 1 unspecified atom stereocenters. The van der Waals surface area contributed by atoms with Crippen LogP contribution in [0.2, 0.25) is 0 Å². The molecule has 0 spiro atoms. The van der Waals surface area contributed by atoms with E-state index in [4.69, 9.17) is 16.0 Å². The third-order valence-electron chi connectivity index (χ3n) is 2.14. The number of aromatic nitrogens is 2. The van der Waals surface area contributed by atoms with Gasteiger partial charge in [-0.05, 0) is 0 Å². The third kappa shape index (κ3) is 3.75. The largest absolute Gasteiger partial charge is 0.408 e.